The fourth-order valence-corrected chi connectivity index (χ4v) is 4.39. The van der Waals surface area contributed by atoms with Crippen molar-refractivity contribution in [1.29, 1.82) is 0 Å². The van der Waals surface area contributed by atoms with Gasteiger partial charge in [0.2, 0.25) is 0 Å². The zero-order valence-corrected chi connectivity index (χ0v) is 15.4. The Balaban J connectivity index is 2.00. The van der Waals surface area contributed by atoms with E-state index in [0.29, 0.717) is 5.56 Å². The van der Waals surface area contributed by atoms with Gasteiger partial charge in [0.05, 0.1) is 15.9 Å². The molecule has 6 nitrogen and oxygen atoms in total. The van der Waals surface area contributed by atoms with E-state index in [1.54, 1.807) is 6.07 Å². The average Bonchev–Trinajstić information content (AvgIpc) is 3.05. The van der Waals surface area contributed by atoms with Crippen molar-refractivity contribution in [2.24, 2.45) is 0 Å². The van der Waals surface area contributed by atoms with Crippen LogP contribution in [0.15, 0.2) is 28.1 Å². The number of fused-ring (bicyclic) bond motifs is 1. The van der Waals surface area contributed by atoms with Crippen molar-refractivity contribution in [2.45, 2.75) is 12.6 Å². The molecule has 0 bridgehead atoms. The normalized spacial score (nSPS) is 14.5. The Kier molecular flexibility index (Phi) is 5.07. The third-order valence-corrected chi connectivity index (χ3v) is 5.35. The molecular weight excluding hydrogens is 417 g/mol. The quantitative estimate of drug-likeness (QED) is 0.711. The van der Waals surface area contributed by atoms with Crippen LogP contribution in [0.1, 0.15) is 26.8 Å². The number of carboxylic acid groups (broad SMARTS) is 1. The van der Waals surface area contributed by atoms with Gasteiger partial charge in [-0.2, -0.15) is 0 Å². The van der Waals surface area contributed by atoms with Crippen molar-refractivity contribution in [3.8, 4) is 5.75 Å². The molecule has 3 rings (SSSR count). The van der Waals surface area contributed by atoms with Crippen LogP contribution in [0.3, 0.4) is 0 Å². The summed E-state index contributed by atoms with van der Waals surface area (Å²) in [5.74, 6) is -2.14. The lowest BCUT2D eigenvalue weighted by molar-refractivity contribution is -0.142. The second kappa shape index (κ2) is 7.11. The standard InChI is InChI=1S/C16H13BrFNO5S/c1-23-7-24-11-3-2-8(18)4-9(11)14(16(21)22)19-6-12-10(15(19)20)5-13(17)25-12/h2-5,14H,6-7H2,1H3,(H,21,22). The summed E-state index contributed by atoms with van der Waals surface area (Å²) in [5, 5.41) is 9.71. The zero-order valence-electron chi connectivity index (χ0n) is 13.0. The number of benzene rings is 1. The Labute approximate surface area is 154 Å². The molecule has 1 unspecified atom stereocenters. The number of carboxylic acids is 1. The highest BCUT2D eigenvalue weighted by Gasteiger charge is 2.40. The number of methoxy groups -OCH3 is 1. The van der Waals surface area contributed by atoms with Gasteiger partial charge in [-0.3, -0.25) is 4.79 Å². The molecule has 1 aliphatic heterocycles. The molecule has 0 fully saturated rings. The minimum Gasteiger partial charge on any atom is -0.479 e. The van der Waals surface area contributed by atoms with Crippen molar-refractivity contribution in [2.75, 3.05) is 13.9 Å². The maximum atomic E-state index is 13.7. The van der Waals surface area contributed by atoms with Crippen molar-refractivity contribution in [3.63, 3.8) is 0 Å². The van der Waals surface area contributed by atoms with E-state index >= 15 is 0 Å². The van der Waals surface area contributed by atoms with Crippen LogP contribution in [0.5, 0.6) is 5.75 Å². The number of rotatable bonds is 6. The maximum absolute atomic E-state index is 13.7. The van der Waals surface area contributed by atoms with E-state index in [1.165, 1.54) is 29.4 Å². The molecule has 0 saturated carbocycles. The summed E-state index contributed by atoms with van der Waals surface area (Å²) in [5.41, 5.74) is 0.519. The van der Waals surface area contributed by atoms with Gasteiger partial charge in [-0.25, -0.2) is 9.18 Å². The van der Waals surface area contributed by atoms with Gasteiger partial charge < -0.3 is 19.5 Å². The highest BCUT2D eigenvalue weighted by molar-refractivity contribution is 9.11. The largest absolute Gasteiger partial charge is 0.479 e. The molecule has 0 aliphatic carbocycles. The van der Waals surface area contributed by atoms with E-state index in [4.69, 9.17) is 9.47 Å². The van der Waals surface area contributed by atoms with E-state index in [0.717, 1.165) is 20.8 Å². The fraction of sp³-hybridized carbons (Fsp3) is 0.250. The first-order valence-electron chi connectivity index (χ1n) is 7.15. The van der Waals surface area contributed by atoms with E-state index in [9.17, 15) is 19.1 Å². The van der Waals surface area contributed by atoms with Crippen LogP contribution in [0.4, 0.5) is 4.39 Å². The number of hydrogen-bond acceptors (Lipinski definition) is 5. The first-order valence-corrected chi connectivity index (χ1v) is 8.76. The predicted octanol–water partition coefficient (Wildman–Crippen LogP) is 3.41. The van der Waals surface area contributed by atoms with Crippen molar-refractivity contribution >= 4 is 39.1 Å². The average molecular weight is 430 g/mol. The van der Waals surface area contributed by atoms with Crippen LogP contribution in [0.2, 0.25) is 0 Å². The predicted molar refractivity (Wildman–Crippen MR) is 91.2 cm³/mol. The molecule has 0 radical (unpaired) electrons. The molecule has 1 aromatic carbocycles. The first-order chi connectivity index (χ1) is 11.9. The lowest BCUT2D eigenvalue weighted by atomic mass is 10.0. The minimum atomic E-state index is -1.37. The number of ether oxygens (including phenoxy) is 2. The molecule has 0 spiro atoms. The smallest absolute Gasteiger partial charge is 0.331 e. The molecular formula is C16H13BrFNO5S. The number of thiophene rings is 1. The number of aliphatic carboxylic acids is 1. The Bertz CT molecular complexity index is 840. The molecule has 1 aliphatic rings. The van der Waals surface area contributed by atoms with E-state index in [-0.39, 0.29) is 24.7 Å². The van der Waals surface area contributed by atoms with Crippen LogP contribution in [-0.2, 0) is 16.1 Å². The summed E-state index contributed by atoms with van der Waals surface area (Å²) in [6.45, 7) is 0.0147. The molecule has 1 aromatic heterocycles. The topological polar surface area (TPSA) is 76.1 Å². The highest BCUT2D eigenvalue weighted by atomic mass is 79.9. The van der Waals surface area contributed by atoms with Crippen molar-refractivity contribution in [3.05, 3.63) is 49.9 Å². The zero-order chi connectivity index (χ0) is 18.1. The molecule has 2 heterocycles. The Hall–Kier alpha value is -1.97. The number of hydrogen-bond donors (Lipinski definition) is 1. The van der Waals surface area contributed by atoms with Gasteiger partial charge in [0, 0.05) is 17.6 Å². The lowest BCUT2D eigenvalue weighted by Crippen LogP contribution is -2.35. The third-order valence-electron chi connectivity index (χ3n) is 3.73. The summed E-state index contributed by atoms with van der Waals surface area (Å²) >= 11 is 4.68. The fourth-order valence-electron chi connectivity index (χ4n) is 2.71. The van der Waals surface area contributed by atoms with Crippen molar-refractivity contribution < 1.29 is 28.6 Å². The Morgan fingerprint density at radius 2 is 2.24 bits per heavy atom. The third kappa shape index (κ3) is 3.39. The summed E-state index contributed by atoms with van der Waals surface area (Å²) in [4.78, 5) is 26.5. The SMILES string of the molecule is COCOc1ccc(F)cc1C(C(=O)O)N1Cc2sc(Br)cc2C1=O. The van der Waals surface area contributed by atoms with Gasteiger partial charge in [0.1, 0.15) is 11.6 Å². The summed E-state index contributed by atoms with van der Waals surface area (Å²) in [7, 11) is 1.41. The summed E-state index contributed by atoms with van der Waals surface area (Å²) < 4.78 is 24.7. The lowest BCUT2D eigenvalue weighted by Gasteiger charge is -2.26. The van der Waals surface area contributed by atoms with Gasteiger partial charge in [-0.1, -0.05) is 0 Å². The molecule has 1 N–H and O–H groups in total. The molecule has 1 atom stereocenters. The van der Waals surface area contributed by atoms with Crippen LogP contribution in [0.25, 0.3) is 0 Å². The molecule has 1 amide bonds. The molecule has 0 saturated heterocycles. The van der Waals surface area contributed by atoms with Gasteiger partial charge in [-0.05, 0) is 40.2 Å². The molecule has 25 heavy (non-hydrogen) atoms. The molecule has 2 aromatic rings. The number of carbonyl (C=O) groups excluding carboxylic acids is 1. The van der Waals surface area contributed by atoms with E-state index < -0.39 is 23.7 Å². The number of nitrogens with zero attached hydrogens (tertiary/aromatic N) is 1. The second-order valence-electron chi connectivity index (χ2n) is 5.29. The highest BCUT2D eigenvalue weighted by Crippen LogP contribution is 2.40. The van der Waals surface area contributed by atoms with Gasteiger partial charge in [0.15, 0.2) is 12.8 Å². The Morgan fingerprint density at radius 3 is 2.88 bits per heavy atom. The van der Waals surface area contributed by atoms with Gasteiger partial charge in [0.25, 0.3) is 5.91 Å². The summed E-state index contributed by atoms with van der Waals surface area (Å²) in [6.07, 6.45) is 0. The van der Waals surface area contributed by atoms with Crippen molar-refractivity contribution in [1.82, 2.24) is 4.90 Å². The van der Waals surface area contributed by atoms with Crippen LogP contribution in [0, 0.1) is 5.82 Å². The minimum absolute atomic E-state index is 0.0621. The van der Waals surface area contributed by atoms with Gasteiger partial charge >= 0.3 is 5.97 Å². The first kappa shape index (κ1) is 17.8. The van der Waals surface area contributed by atoms with E-state index in [1.807, 2.05) is 0 Å². The van der Waals surface area contributed by atoms with Crippen LogP contribution < -0.4 is 4.74 Å². The molecule has 132 valence electrons. The molecule has 9 heteroatoms. The second-order valence-corrected chi connectivity index (χ2v) is 7.81. The number of carbonyl (C=O) groups is 2. The number of halogens is 2. The maximum Gasteiger partial charge on any atom is 0.331 e. The Morgan fingerprint density at radius 1 is 1.48 bits per heavy atom. The van der Waals surface area contributed by atoms with E-state index in [2.05, 4.69) is 15.9 Å². The number of amides is 1. The summed E-state index contributed by atoms with van der Waals surface area (Å²) in [6, 6.07) is 3.85. The van der Waals surface area contributed by atoms with Crippen LogP contribution >= 0.6 is 27.3 Å². The monoisotopic (exact) mass is 429 g/mol. The van der Waals surface area contributed by atoms with Gasteiger partial charge in [-0.15, -0.1) is 11.3 Å². The van der Waals surface area contributed by atoms with Crippen LogP contribution in [-0.4, -0.2) is 35.8 Å².